The van der Waals surface area contributed by atoms with Crippen molar-refractivity contribution >= 4 is 23.0 Å². The summed E-state index contributed by atoms with van der Waals surface area (Å²) in [7, 11) is 2.00. The summed E-state index contributed by atoms with van der Waals surface area (Å²) in [6.45, 7) is 1.19. The van der Waals surface area contributed by atoms with Crippen LogP contribution < -0.4 is 4.90 Å². The molecule has 1 aliphatic heterocycles. The first kappa shape index (κ1) is 14.1. The molecular formula is C17H16ClFN2. The average molecular weight is 303 g/mol. The number of hydrogen-bond acceptors (Lipinski definition) is 2. The van der Waals surface area contributed by atoms with Crippen LogP contribution in [0.15, 0.2) is 53.5 Å². The molecule has 1 aliphatic rings. The Morgan fingerprint density at radius 3 is 2.52 bits per heavy atom. The van der Waals surface area contributed by atoms with Crippen LogP contribution in [0, 0.1) is 5.82 Å². The normalized spacial score (nSPS) is 21.0. The summed E-state index contributed by atoms with van der Waals surface area (Å²) in [6, 6.07) is 14.6. The molecule has 2 aromatic carbocycles. The van der Waals surface area contributed by atoms with E-state index in [4.69, 9.17) is 11.6 Å². The number of halogens is 2. The van der Waals surface area contributed by atoms with Gasteiger partial charge in [-0.2, -0.15) is 0 Å². The Labute approximate surface area is 128 Å². The summed E-state index contributed by atoms with van der Waals surface area (Å²) in [6.07, 6.45) is 0. The Kier molecular flexibility index (Phi) is 3.93. The molecule has 1 atom stereocenters. The van der Waals surface area contributed by atoms with Gasteiger partial charge in [0.2, 0.25) is 0 Å². The van der Waals surface area contributed by atoms with Crippen LogP contribution >= 0.6 is 11.6 Å². The highest BCUT2D eigenvalue weighted by Gasteiger charge is 2.21. The van der Waals surface area contributed by atoms with E-state index in [9.17, 15) is 4.39 Å². The molecule has 0 aromatic heterocycles. The molecule has 1 heterocycles. The number of nitrogens with zero attached hydrogens (tertiary/aromatic N) is 2. The fourth-order valence-electron chi connectivity index (χ4n) is 2.62. The molecule has 0 bridgehead atoms. The minimum atomic E-state index is -0.264. The van der Waals surface area contributed by atoms with E-state index in [1.807, 2.05) is 37.4 Å². The molecule has 21 heavy (non-hydrogen) atoms. The molecule has 2 aromatic rings. The van der Waals surface area contributed by atoms with Crippen molar-refractivity contribution in [3.63, 3.8) is 0 Å². The van der Waals surface area contributed by atoms with Crippen LogP contribution in [0.25, 0.3) is 0 Å². The number of alkyl halides is 1. The smallest absolute Gasteiger partial charge is 0.132 e. The number of hydrogen-bond donors (Lipinski definition) is 0. The van der Waals surface area contributed by atoms with E-state index in [0.29, 0.717) is 24.4 Å². The van der Waals surface area contributed by atoms with Gasteiger partial charge in [-0.15, -0.1) is 11.6 Å². The largest absolute Gasteiger partial charge is 0.372 e. The summed E-state index contributed by atoms with van der Waals surface area (Å²) in [4.78, 5) is 6.69. The number of fused-ring (bicyclic) bond motifs is 1. The van der Waals surface area contributed by atoms with E-state index in [-0.39, 0.29) is 11.2 Å². The minimum Gasteiger partial charge on any atom is -0.372 e. The highest BCUT2D eigenvalue weighted by molar-refractivity contribution is 6.22. The van der Waals surface area contributed by atoms with Crippen LogP contribution in [-0.2, 0) is 0 Å². The topological polar surface area (TPSA) is 15.6 Å². The minimum absolute atomic E-state index is 0.0925. The third kappa shape index (κ3) is 2.79. The maximum atomic E-state index is 14.2. The van der Waals surface area contributed by atoms with Crippen molar-refractivity contribution in [1.82, 2.24) is 0 Å². The van der Waals surface area contributed by atoms with Crippen molar-refractivity contribution in [3.05, 3.63) is 65.5 Å². The number of rotatable bonds is 1. The molecule has 1 unspecified atom stereocenters. The van der Waals surface area contributed by atoms with E-state index >= 15 is 0 Å². The van der Waals surface area contributed by atoms with Gasteiger partial charge in [0.1, 0.15) is 5.82 Å². The molecule has 4 heteroatoms. The molecule has 108 valence electrons. The van der Waals surface area contributed by atoms with Crippen LogP contribution in [0.4, 0.5) is 10.1 Å². The van der Waals surface area contributed by atoms with Gasteiger partial charge < -0.3 is 4.90 Å². The second kappa shape index (κ2) is 5.86. The molecule has 0 amide bonds. The first-order valence-corrected chi connectivity index (χ1v) is 7.34. The summed E-state index contributed by atoms with van der Waals surface area (Å²) < 4.78 is 14.2. The molecular weight excluding hydrogens is 287 g/mol. The van der Waals surface area contributed by atoms with Crippen LogP contribution in [0.5, 0.6) is 0 Å². The van der Waals surface area contributed by atoms with Crippen LogP contribution in [0.1, 0.15) is 11.1 Å². The van der Waals surface area contributed by atoms with Crippen molar-refractivity contribution in [2.24, 2.45) is 4.99 Å². The maximum Gasteiger partial charge on any atom is 0.132 e. The lowest BCUT2D eigenvalue weighted by Gasteiger charge is -2.27. The highest BCUT2D eigenvalue weighted by atomic mass is 35.5. The third-order valence-electron chi connectivity index (χ3n) is 3.62. The Hall–Kier alpha value is -1.87. The molecule has 0 spiro atoms. The monoisotopic (exact) mass is 302 g/mol. The summed E-state index contributed by atoms with van der Waals surface area (Å²) in [5.74, 6) is -0.264. The Morgan fingerprint density at radius 2 is 1.76 bits per heavy atom. The maximum absolute atomic E-state index is 14.2. The van der Waals surface area contributed by atoms with E-state index in [0.717, 1.165) is 11.3 Å². The Morgan fingerprint density at radius 1 is 1.10 bits per heavy atom. The lowest BCUT2D eigenvalue weighted by molar-refractivity contribution is 0.625. The zero-order valence-corrected chi connectivity index (χ0v) is 12.5. The molecule has 2 nitrogen and oxygen atoms in total. The van der Waals surface area contributed by atoms with Crippen molar-refractivity contribution in [3.8, 4) is 0 Å². The van der Waals surface area contributed by atoms with Gasteiger partial charge in [-0.1, -0.05) is 30.3 Å². The Bertz CT molecular complexity index is 684. The zero-order chi connectivity index (χ0) is 14.8. The molecule has 0 N–H and O–H groups in total. The number of aliphatic imine (C=N–C) groups is 1. The first-order chi connectivity index (χ1) is 10.2. The van der Waals surface area contributed by atoms with Crippen LogP contribution in [0.2, 0.25) is 0 Å². The van der Waals surface area contributed by atoms with Crippen molar-refractivity contribution < 1.29 is 4.39 Å². The zero-order valence-electron chi connectivity index (χ0n) is 11.8. The summed E-state index contributed by atoms with van der Waals surface area (Å²) in [5.41, 5.74) is 3.14. The van der Waals surface area contributed by atoms with Crippen molar-refractivity contribution in [2.45, 2.75) is 5.38 Å². The summed E-state index contributed by atoms with van der Waals surface area (Å²) in [5, 5.41) is -0.0925. The van der Waals surface area contributed by atoms with Crippen LogP contribution in [0.3, 0.4) is 0 Å². The van der Waals surface area contributed by atoms with Gasteiger partial charge in [-0.05, 0) is 18.2 Å². The molecule has 0 aliphatic carbocycles. The fraction of sp³-hybridized carbons (Fsp3) is 0.235. The lowest BCUT2D eigenvalue weighted by atomic mass is 9.98. The summed E-state index contributed by atoms with van der Waals surface area (Å²) >= 11 is 6.31. The number of benzene rings is 2. The van der Waals surface area contributed by atoms with E-state index in [1.165, 1.54) is 6.07 Å². The lowest BCUT2D eigenvalue weighted by Crippen LogP contribution is -2.31. The number of para-hydroxylation sites is 1. The third-order valence-corrected chi connectivity index (χ3v) is 3.89. The van der Waals surface area contributed by atoms with Gasteiger partial charge in [0.25, 0.3) is 0 Å². The van der Waals surface area contributed by atoms with Gasteiger partial charge in [-0.25, -0.2) is 4.39 Å². The molecule has 0 radical (unpaired) electrons. The van der Waals surface area contributed by atoms with Gasteiger partial charge in [-0.3, -0.25) is 4.99 Å². The van der Waals surface area contributed by atoms with Crippen LogP contribution in [-0.4, -0.2) is 31.2 Å². The van der Waals surface area contributed by atoms with Gasteiger partial charge in [0.15, 0.2) is 0 Å². The Balaban J connectivity index is 2.20. The highest BCUT2D eigenvalue weighted by Crippen LogP contribution is 2.26. The standard InChI is InChI=1S/C17H16ClFN2/c1-21-11-12(18)10-20-17(13-6-2-4-8-15(13)19)14-7-3-5-9-16(14)21/h2-9,12H,10-11H2,1H3/b20-17-. The van der Waals surface area contributed by atoms with E-state index in [1.54, 1.807) is 12.1 Å². The quantitative estimate of drug-likeness (QED) is 0.733. The average Bonchev–Trinajstić information content (AvgIpc) is 2.48. The van der Waals surface area contributed by atoms with Gasteiger partial charge in [0, 0.05) is 30.4 Å². The number of anilines is 1. The second-order valence-corrected chi connectivity index (χ2v) is 5.78. The van der Waals surface area contributed by atoms with Gasteiger partial charge >= 0.3 is 0 Å². The predicted octanol–water partition coefficient (Wildman–Crippen LogP) is 3.72. The first-order valence-electron chi connectivity index (χ1n) is 6.91. The molecule has 0 saturated heterocycles. The molecule has 3 rings (SSSR count). The molecule has 0 fully saturated rings. The molecule has 0 saturated carbocycles. The SMILES string of the molecule is CN1CC(Cl)C/N=C(/c2ccccc2F)c2ccccc21. The predicted molar refractivity (Wildman–Crippen MR) is 86.3 cm³/mol. The van der Waals surface area contributed by atoms with Crippen molar-refractivity contribution in [2.75, 3.05) is 25.0 Å². The second-order valence-electron chi connectivity index (χ2n) is 5.16. The van der Waals surface area contributed by atoms with Gasteiger partial charge in [0.05, 0.1) is 17.6 Å². The van der Waals surface area contributed by atoms with E-state index < -0.39 is 0 Å². The van der Waals surface area contributed by atoms with E-state index in [2.05, 4.69) is 9.89 Å². The van der Waals surface area contributed by atoms with Crippen molar-refractivity contribution in [1.29, 1.82) is 0 Å². The fourth-order valence-corrected chi connectivity index (χ4v) is 2.90.